The molecule has 3 aromatic rings. The van der Waals surface area contributed by atoms with Gasteiger partial charge in [-0.2, -0.15) is 0 Å². The van der Waals surface area contributed by atoms with Gasteiger partial charge in [0.2, 0.25) is 0 Å². The minimum Gasteiger partial charge on any atom is -0.423 e. The Kier molecular flexibility index (Phi) is 8.14. The fraction of sp³-hybridized carbons (Fsp3) is 0.0690. The quantitative estimate of drug-likeness (QED) is 0.227. The lowest BCUT2D eigenvalue weighted by Gasteiger charge is -2.14. The van der Waals surface area contributed by atoms with E-state index in [9.17, 15) is 14.4 Å². The van der Waals surface area contributed by atoms with E-state index in [2.05, 4.69) is 13.2 Å². The largest absolute Gasteiger partial charge is 0.423 e. The van der Waals surface area contributed by atoms with Crippen LogP contribution in [0.3, 0.4) is 0 Å². The third kappa shape index (κ3) is 6.42. The van der Waals surface area contributed by atoms with Crippen LogP contribution in [0.2, 0.25) is 0 Å². The second-order valence-electron chi connectivity index (χ2n) is 7.37. The number of esters is 3. The Labute approximate surface area is 203 Å². The zero-order chi connectivity index (χ0) is 25.4. The Balaban J connectivity index is 1.97. The molecule has 0 radical (unpaired) electrons. The van der Waals surface area contributed by atoms with E-state index in [-0.39, 0.29) is 0 Å². The molecule has 0 unspecified atom stereocenters. The second kappa shape index (κ2) is 11.4. The second-order valence-corrected chi connectivity index (χ2v) is 7.37. The van der Waals surface area contributed by atoms with Crippen molar-refractivity contribution in [3.05, 3.63) is 104 Å². The van der Waals surface area contributed by atoms with Crippen LogP contribution in [0.5, 0.6) is 17.2 Å². The molecule has 0 saturated carbocycles. The average Bonchev–Trinajstić information content (AvgIpc) is 2.88. The monoisotopic (exact) mass is 468 g/mol. The molecule has 0 aliphatic carbocycles. The SMILES string of the molecule is C=CC(=O)Oc1ccc(-c2ccc(-c3ccc(OC(=O)C=C)cc3)c(OC(=O)/C(C)=C\C)c2)cc1. The van der Waals surface area contributed by atoms with E-state index in [0.717, 1.165) is 28.8 Å². The molecule has 0 saturated heterocycles. The Hall–Kier alpha value is -4.71. The number of carbonyl (C=O) groups excluding carboxylic acids is 3. The smallest absolute Gasteiger partial charge is 0.338 e. The van der Waals surface area contributed by atoms with Crippen LogP contribution in [-0.2, 0) is 14.4 Å². The van der Waals surface area contributed by atoms with E-state index in [1.54, 1.807) is 74.5 Å². The molecule has 0 atom stereocenters. The van der Waals surface area contributed by atoms with E-state index in [0.29, 0.717) is 28.4 Å². The van der Waals surface area contributed by atoms with Crippen LogP contribution in [0.15, 0.2) is 104 Å². The highest BCUT2D eigenvalue weighted by Crippen LogP contribution is 2.36. The van der Waals surface area contributed by atoms with Gasteiger partial charge in [-0.3, -0.25) is 0 Å². The molecule has 0 spiro atoms. The minimum absolute atomic E-state index is 0.367. The third-order valence-electron chi connectivity index (χ3n) is 5.06. The van der Waals surface area contributed by atoms with Gasteiger partial charge in [0.25, 0.3) is 0 Å². The summed E-state index contributed by atoms with van der Waals surface area (Å²) < 4.78 is 16.0. The van der Waals surface area contributed by atoms with Crippen LogP contribution in [0, 0.1) is 0 Å². The molecule has 6 nitrogen and oxygen atoms in total. The van der Waals surface area contributed by atoms with Crippen LogP contribution in [0.1, 0.15) is 13.8 Å². The first-order valence-corrected chi connectivity index (χ1v) is 10.7. The Bertz CT molecular complexity index is 1300. The molecule has 0 aromatic heterocycles. The van der Waals surface area contributed by atoms with E-state index in [4.69, 9.17) is 14.2 Å². The number of hydrogen-bond donors (Lipinski definition) is 0. The zero-order valence-corrected chi connectivity index (χ0v) is 19.4. The fourth-order valence-corrected chi connectivity index (χ4v) is 3.06. The summed E-state index contributed by atoms with van der Waals surface area (Å²) >= 11 is 0. The van der Waals surface area contributed by atoms with Crippen molar-refractivity contribution in [3.63, 3.8) is 0 Å². The molecule has 0 fully saturated rings. The van der Waals surface area contributed by atoms with Crippen molar-refractivity contribution in [1.82, 2.24) is 0 Å². The number of benzene rings is 3. The van der Waals surface area contributed by atoms with Gasteiger partial charge in [0, 0.05) is 23.3 Å². The molecule has 176 valence electrons. The van der Waals surface area contributed by atoms with Crippen molar-refractivity contribution in [2.24, 2.45) is 0 Å². The van der Waals surface area contributed by atoms with E-state index in [1.165, 1.54) is 0 Å². The van der Waals surface area contributed by atoms with Crippen molar-refractivity contribution in [2.75, 3.05) is 0 Å². The summed E-state index contributed by atoms with van der Waals surface area (Å²) in [5, 5.41) is 0. The van der Waals surface area contributed by atoms with E-state index in [1.807, 2.05) is 12.1 Å². The molecule has 0 aliphatic rings. The van der Waals surface area contributed by atoms with Gasteiger partial charge in [-0.15, -0.1) is 0 Å². The van der Waals surface area contributed by atoms with Crippen molar-refractivity contribution >= 4 is 17.9 Å². The van der Waals surface area contributed by atoms with Crippen LogP contribution in [-0.4, -0.2) is 17.9 Å². The maximum absolute atomic E-state index is 12.5. The number of carbonyl (C=O) groups is 3. The number of ether oxygens (including phenoxy) is 3. The Morgan fingerprint density at radius 1 is 0.686 bits per heavy atom. The molecule has 0 aliphatic heterocycles. The minimum atomic E-state index is -0.552. The number of allylic oxidation sites excluding steroid dienone is 1. The third-order valence-corrected chi connectivity index (χ3v) is 5.06. The summed E-state index contributed by atoms with van der Waals surface area (Å²) in [5.74, 6) is -0.427. The van der Waals surface area contributed by atoms with Crippen molar-refractivity contribution in [2.45, 2.75) is 13.8 Å². The van der Waals surface area contributed by atoms with Crippen molar-refractivity contribution < 1.29 is 28.6 Å². The van der Waals surface area contributed by atoms with E-state index >= 15 is 0 Å². The van der Waals surface area contributed by atoms with Gasteiger partial charge in [0.05, 0.1) is 0 Å². The standard InChI is InChI=1S/C29H24O6/c1-5-19(4)29(32)35-26-18-22(20-8-13-23(14-9-20)33-27(30)6-2)12-17-25(26)21-10-15-24(16-11-21)34-28(31)7-3/h5-18H,2-3H2,1,4H3/b19-5-. The molecule has 0 heterocycles. The zero-order valence-electron chi connectivity index (χ0n) is 19.4. The first kappa shape index (κ1) is 24.9. The Morgan fingerprint density at radius 3 is 1.66 bits per heavy atom. The van der Waals surface area contributed by atoms with Crippen LogP contribution in [0.4, 0.5) is 0 Å². The summed E-state index contributed by atoms with van der Waals surface area (Å²) in [6.45, 7) is 10.2. The number of rotatable bonds is 8. The Morgan fingerprint density at radius 2 is 1.17 bits per heavy atom. The predicted molar refractivity (Wildman–Crippen MR) is 134 cm³/mol. The molecule has 0 bridgehead atoms. The van der Waals surface area contributed by atoms with Crippen molar-refractivity contribution in [3.8, 4) is 39.5 Å². The van der Waals surface area contributed by atoms with Gasteiger partial charge in [0.1, 0.15) is 17.2 Å². The highest BCUT2D eigenvalue weighted by atomic mass is 16.5. The van der Waals surface area contributed by atoms with Crippen molar-refractivity contribution in [1.29, 1.82) is 0 Å². The molecular weight excluding hydrogens is 444 g/mol. The summed E-state index contributed by atoms with van der Waals surface area (Å²) in [6, 6.07) is 19.3. The lowest BCUT2D eigenvalue weighted by Crippen LogP contribution is -2.10. The average molecular weight is 469 g/mol. The van der Waals surface area contributed by atoms with Gasteiger partial charge in [-0.05, 0) is 60.9 Å². The maximum Gasteiger partial charge on any atom is 0.338 e. The molecular formula is C29H24O6. The molecule has 6 heteroatoms. The maximum atomic E-state index is 12.5. The lowest BCUT2D eigenvalue weighted by atomic mass is 9.99. The van der Waals surface area contributed by atoms with Gasteiger partial charge >= 0.3 is 17.9 Å². The topological polar surface area (TPSA) is 78.9 Å². The predicted octanol–water partition coefficient (Wildman–Crippen LogP) is 6.08. The first-order chi connectivity index (χ1) is 16.8. The normalized spacial score (nSPS) is 10.7. The van der Waals surface area contributed by atoms with Gasteiger partial charge in [-0.25, -0.2) is 14.4 Å². The van der Waals surface area contributed by atoms with Gasteiger partial charge in [-0.1, -0.05) is 55.6 Å². The lowest BCUT2D eigenvalue weighted by molar-refractivity contribution is -0.130. The summed E-state index contributed by atoms with van der Waals surface area (Å²) in [6.07, 6.45) is 3.86. The molecule has 0 N–H and O–H groups in total. The first-order valence-electron chi connectivity index (χ1n) is 10.7. The fourth-order valence-electron chi connectivity index (χ4n) is 3.06. The van der Waals surface area contributed by atoms with Gasteiger partial charge < -0.3 is 14.2 Å². The summed E-state index contributed by atoms with van der Waals surface area (Å²) in [5.41, 5.74) is 3.56. The van der Waals surface area contributed by atoms with E-state index < -0.39 is 17.9 Å². The number of hydrogen-bond acceptors (Lipinski definition) is 6. The van der Waals surface area contributed by atoms with Crippen LogP contribution >= 0.6 is 0 Å². The summed E-state index contributed by atoms with van der Waals surface area (Å²) in [7, 11) is 0. The molecule has 35 heavy (non-hydrogen) atoms. The van der Waals surface area contributed by atoms with Crippen LogP contribution in [0.25, 0.3) is 22.3 Å². The van der Waals surface area contributed by atoms with Crippen LogP contribution < -0.4 is 14.2 Å². The molecule has 3 rings (SSSR count). The van der Waals surface area contributed by atoms with Gasteiger partial charge in [0.15, 0.2) is 0 Å². The molecule has 0 amide bonds. The highest BCUT2D eigenvalue weighted by Gasteiger charge is 2.15. The molecule has 3 aromatic carbocycles. The highest BCUT2D eigenvalue weighted by molar-refractivity contribution is 5.91. The summed E-state index contributed by atoms with van der Waals surface area (Å²) in [4.78, 5) is 35.4.